The maximum atomic E-state index is 13.5. The number of hydrogen-bond donors (Lipinski definition) is 1. The predicted octanol–water partition coefficient (Wildman–Crippen LogP) is 2.80. The number of amides is 1. The van der Waals surface area contributed by atoms with Crippen LogP contribution < -0.4 is 5.32 Å². The molecular formula is C10H5F7N2O3. The van der Waals surface area contributed by atoms with Gasteiger partial charge in [0.1, 0.15) is 11.4 Å². The minimum Gasteiger partial charge on any atom is -0.317 e. The molecule has 0 saturated heterocycles. The summed E-state index contributed by atoms with van der Waals surface area (Å²) in [5.74, 6) is -11.3. The normalized spacial score (nSPS) is 13.1. The molecule has 1 aromatic rings. The summed E-state index contributed by atoms with van der Waals surface area (Å²) in [5, 5.41) is 11.0. The molecule has 0 saturated carbocycles. The minimum atomic E-state index is -5.32. The lowest BCUT2D eigenvalue weighted by Gasteiger charge is -2.20. The van der Waals surface area contributed by atoms with Crippen molar-refractivity contribution in [3.05, 3.63) is 39.4 Å². The number of alkyl halides is 5. The van der Waals surface area contributed by atoms with Crippen molar-refractivity contribution in [1.82, 2.24) is 5.32 Å². The molecule has 5 nitrogen and oxygen atoms in total. The van der Waals surface area contributed by atoms with E-state index < -0.39 is 52.4 Å². The topological polar surface area (TPSA) is 72.2 Å². The molecule has 0 fully saturated rings. The number of carbonyl (C=O) groups is 1. The quantitative estimate of drug-likeness (QED) is 0.389. The lowest BCUT2D eigenvalue weighted by molar-refractivity contribution is -0.387. The Kier molecular flexibility index (Phi) is 4.94. The molecule has 0 aliphatic heterocycles. The summed E-state index contributed by atoms with van der Waals surface area (Å²) >= 11 is 0. The van der Waals surface area contributed by atoms with Gasteiger partial charge in [0.05, 0.1) is 4.92 Å². The minimum absolute atomic E-state index is 0.259. The van der Waals surface area contributed by atoms with Crippen molar-refractivity contribution < 1.29 is 40.5 Å². The van der Waals surface area contributed by atoms with Crippen molar-refractivity contribution in [2.24, 2.45) is 0 Å². The second-order valence-corrected chi connectivity index (χ2v) is 3.82. The van der Waals surface area contributed by atoms with Crippen molar-refractivity contribution in [1.29, 1.82) is 0 Å². The van der Waals surface area contributed by atoms with Gasteiger partial charge in [-0.25, -0.2) is 17.6 Å². The number of carbonyl (C=O) groups excluding carboxylic acids is 1. The smallest absolute Gasteiger partial charge is 0.317 e. The average Bonchev–Trinajstić information content (AvgIpc) is 2.37. The number of hydrogen-bond acceptors (Lipinski definition) is 3. The molecular weight excluding hydrogens is 329 g/mol. The summed E-state index contributed by atoms with van der Waals surface area (Å²) in [4.78, 5) is 20.4. The van der Waals surface area contributed by atoms with Crippen LogP contribution >= 0.6 is 0 Å². The number of nitrogens with zero attached hydrogens (tertiary/aromatic N) is 1. The third-order valence-electron chi connectivity index (χ3n) is 2.38. The first-order valence-corrected chi connectivity index (χ1v) is 5.23. The third-order valence-corrected chi connectivity index (χ3v) is 2.38. The predicted molar refractivity (Wildman–Crippen MR) is 56.3 cm³/mol. The van der Waals surface area contributed by atoms with Crippen LogP contribution in [0.3, 0.4) is 0 Å². The highest BCUT2D eigenvalue weighted by atomic mass is 19.3. The molecule has 0 aliphatic carbocycles. The molecule has 1 aromatic carbocycles. The Morgan fingerprint density at radius 1 is 1.23 bits per heavy atom. The van der Waals surface area contributed by atoms with Crippen molar-refractivity contribution in [2.45, 2.75) is 18.6 Å². The van der Waals surface area contributed by atoms with Gasteiger partial charge in [-0.15, -0.1) is 0 Å². The van der Waals surface area contributed by atoms with E-state index in [0.717, 1.165) is 0 Å². The molecule has 1 amide bonds. The third kappa shape index (κ3) is 3.26. The molecule has 0 heterocycles. The summed E-state index contributed by atoms with van der Waals surface area (Å²) in [6, 6.07) is 0.594. The molecule has 0 bridgehead atoms. The van der Waals surface area contributed by atoms with E-state index in [1.165, 1.54) is 0 Å². The van der Waals surface area contributed by atoms with Crippen LogP contribution in [0.5, 0.6) is 0 Å². The van der Waals surface area contributed by atoms with Crippen LogP contribution in [-0.4, -0.2) is 29.5 Å². The van der Waals surface area contributed by atoms with E-state index in [-0.39, 0.29) is 6.07 Å². The van der Waals surface area contributed by atoms with Gasteiger partial charge in [-0.1, -0.05) is 0 Å². The van der Waals surface area contributed by atoms with E-state index in [2.05, 4.69) is 0 Å². The zero-order chi connectivity index (χ0) is 17.2. The van der Waals surface area contributed by atoms with Crippen molar-refractivity contribution in [3.8, 4) is 0 Å². The highest BCUT2D eigenvalue weighted by molar-refractivity contribution is 5.95. The molecule has 1 N–H and O–H groups in total. The molecule has 1 atom stereocenters. The molecule has 0 radical (unpaired) electrons. The van der Waals surface area contributed by atoms with Crippen LogP contribution in [0.2, 0.25) is 0 Å². The Hall–Kier alpha value is -2.40. The Morgan fingerprint density at radius 3 is 2.23 bits per heavy atom. The van der Waals surface area contributed by atoms with Crippen LogP contribution in [0.4, 0.5) is 36.4 Å². The summed E-state index contributed by atoms with van der Waals surface area (Å²) in [6.45, 7) is 0. The summed E-state index contributed by atoms with van der Waals surface area (Å²) < 4.78 is 88.7. The SMILES string of the molecule is O=C(NC(F)C(F)(F)C(F)F)c1c(F)ccc([N+](=O)[O-])c1F. The monoisotopic (exact) mass is 334 g/mol. The Bertz CT molecular complexity index is 608. The highest BCUT2D eigenvalue weighted by Crippen LogP contribution is 2.29. The molecule has 1 unspecified atom stereocenters. The fourth-order valence-electron chi connectivity index (χ4n) is 1.28. The molecule has 22 heavy (non-hydrogen) atoms. The van der Waals surface area contributed by atoms with Crippen molar-refractivity contribution in [2.75, 3.05) is 0 Å². The van der Waals surface area contributed by atoms with Gasteiger partial charge in [0.25, 0.3) is 5.91 Å². The summed E-state index contributed by atoms with van der Waals surface area (Å²) in [5.41, 5.74) is -3.13. The van der Waals surface area contributed by atoms with Gasteiger partial charge < -0.3 is 5.32 Å². The van der Waals surface area contributed by atoms with E-state index in [0.29, 0.717) is 11.4 Å². The number of rotatable bonds is 5. The largest absolute Gasteiger partial charge is 0.355 e. The molecule has 0 aliphatic rings. The standard InChI is InChI=1S/C10H5F7N2O3/c11-3-1-2-4(19(21)22)6(12)5(3)7(20)18-9(15)10(16,17)8(13)14/h1-2,8-9H,(H,18,20). The first-order chi connectivity index (χ1) is 10.00. The Labute approximate surface area is 116 Å². The van der Waals surface area contributed by atoms with E-state index >= 15 is 0 Å². The van der Waals surface area contributed by atoms with Crippen LogP contribution in [0.25, 0.3) is 0 Å². The van der Waals surface area contributed by atoms with E-state index in [9.17, 15) is 45.6 Å². The fraction of sp³-hybridized carbons (Fsp3) is 0.300. The molecule has 1 rings (SSSR count). The lowest BCUT2D eigenvalue weighted by atomic mass is 10.1. The van der Waals surface area contributed by atoms with Crippen LogP contribution in [0.15, 0.2) is 12.1 Å². The molecule has 12 heteroatoms. The van der Waals surface area contributed by atoms with E-state index in [4.69, 9.17) is 0 Å². The van der Waals surface area contributed by atoms with Crippen molar-refractivity contribution >= 4 is 11.6 Å². The van der Waals surface area contributed by atoms with Gasteiger partial charge >= 0.3 is 18.0 Å². The number of nitro benzene ring substituents is 1. The van der Waals surface area contributed by atoms with Gasteiger partial charge in [0.15, 0.2) is 0 Å². The summed E-state index contributed by atoms with van der Waals surface area (Å²) in [6.07, 6.45) is -8.46. The van der Waals surface area contributed by atoms with Crippen molar-refractivity contribution in [3.63, 3.8) is 0 Å². The highest BCUT2D eigenvalue weighted by Gasteiger charge is 2.50. The van der Waals surface area contributed by atoms with E-state index in [1.54, 1.807) is 0 Å². The number of halogens is 7. The lowest BCUT2D eigenvalue weighted by Crippen LogP contribution is -2.49. The Balaban J connectivity index is 3.14. The van der Waals surface area contributed by atoms with E-state index in [1.807, 2.05) is 0 Å². The maximum absolute atomic E-state index is 13.5. The van der Waals surface area contributed by atoms with Gasteiger partial charge in [-0.2, -0.15) is 13.2 Å². The second-order valence-electron chi connectivity index (χ2n) is 3.82. The van der Waals surface area contributed by atoms with Crippen LogP contribution in [0.1, 0.15) is 10.4 Å². The van der Waals surface area contributed by atoms with Gasteiger partial charge in [-0.05, 0) is 6.07 Å². The molecule has 0 aromatic heterocycles. The van der Waals surface area contributed by atoms with Crippen LogP contribution in [0, 0.1) is 21.7 Å². The van der Waals surface area contributed by atoms with Crippen LogP contribution in [-0.2, 0) is 0 Å². The fourth-order valence-corrected chi connectivity index (χ4v) is 1.28. The van der Waals surface area contributed by atoms with Gasteiger partial charge in [0, 0.05) is 6.07 Å². The zero-order valence-electron chi connectivity index (χ0n) is 10.1. The second kappa shape index (κ2) is 6.15. The average molecular weight is 334 g/mol. The molecule has 0 spiro atoms. The number of benzene rings is 1. The zero-order valence-corrected chi connectivity index (χ0v) is 10.1. The van der Waals surface area contributed by atoms with Gasteiger partial charge in [0.2, 0.25) is 12.1 Å². The first kappa shape index (κ1) is 17.7. The molecule has 122 valence electrons. The number of nitro groups is 1. The number of nitrogens with one attached hydrogen (secondary N) is 1. The Morgan fingerprint density at radius 2 is 1.77 bits per heavy atom. The maximum Gasteiger partial charge on any atom is 0.355 e. The van der Waals surface area contributed by atoms with Gasteiger partial charge in [-0.3, -0.25) is 14.9 Å². The summed E-state index contributed by atoms with van der Waals surface area (Å²) in [7, 11) is 0. The first-order valence-electron chi connectivity index (χ1n) is 5.23.